The van der Waals surface area contributed by atoms with Gasteiger partial charge in [-0.3, -0.25) is 0 Å². The molecule has 0 aliphatic carbocycles. The molecular formula is C29H23F5O4S2. The van der Waals surface area contributed by atoms with Gasteiger partial charge < -0.3 is 14.6 Å². The zero-order valence-electron chi connectivity index (χ0n) is 21.2. The molecule has 0 aliphatic heterocycles. The molecule has 40 heavy (non-hydrogen) atoms. The number of halogens is 5. The molecule has 0 amide bonds. The summed E-state index contributed by atoms with van der Waals surface area (Å²) in [6.07, 6.45) is -4.46. The van der Waals surface area contributed by atoms with Gasteiger partial charge in [-0.2, -0.15) is 13.2 Å². The van der Waals surface area contributed by atoms with Gasteiger partial charge in [0.2, 0.25) is 0 Å². The molecule has 210 valence electrons. The van der Waals surface area contributed by atoms with Crippen LogP contribution in [-0.4, -0.2) is 17.7 Å². The van der Waals surface area contributed by atoms with Crippen LogP contribution in [0.3, 0.4) is 0 Å². The van der Waals surface area contributed by atoms with Crippen LogP contribution in [-0.2, 0) is 17.6 Å². The predicted octanol–water partition coefficient (Wildman–Crippen LogP) is 8.92. The van der Waals surface area contributed by atoms with E-state index in [9.17, 15) is 26.7 Å². The summed E-state index contributed by atoms with van der Waals surface area (Å²) >= 11 is 2.77. The van der Waals surface area contributed by atoms with E-state index in [-0.39, 0.29) is 17.4 Å². The van der Waals surface area contributed by atoms with E-state index in [1.165, 1.54) is 41.3 Å². The van der Waals surface area contributed by atoms with Gasteiger partial charge in [-0.05, 0) is 73.5 Å². The van der Waals surface area contributed by atoms with Crippen molar-refractivity contribution in [2.75, 3.05) is 6.61 Å². The molecular weight excluding hydrogens is 571 g/mol. The third-order valence-corrected chi connectivity index (χ3v) is 8.45. The smallest absolute Gasteiger partial charge is 0.416 e. The summed E-state index contributed by atoms with van der Waals surface area (Å²) in [5.74, 6) is -1.78. The van der Waals surface area contributed by atoms with E-state index >= 15 is 0 Å². The Hall–Kier alpha value is -3.57. The van der Waals surface area contributed by atoms with Gasteiger partial charge in [-0.25, -0.2) is 13.6 Å². The average Bonchev–Trinajstić information content (AvgIpc) is 3.32. The van der Waals surface area contributed by atoms with Crippen LogP contribution in [0, 0.1) is 18.6 Å². The molecule has 1 N–H and O–H groups in total. The molecule has 1 atom stereocenters. The van der Waals surface area contributed by atoms with Gasteiger partial charge in [-0.15, -0.1) is 23.1 Å². The van der Waals surface area contributed by atoms with Crippen molar-refractivity contribution in [2.24, 2.45) is 0 Å². The van der Waals surface area contributed by atoms with Crippen molar-refractivity contribution in [1.82, 2.24) is 0 Å². The zero-order chi connectivity index (χ0) is 29.0. The van der Waals surface area contributed by atoms with Gasteiger partial charge in [-0.1, -0.05) is 18.2 Å². The molecule has 0 saturated carbocycles. The Bertz CT molecular complexity index is 1480. The second-order valence-corrected chi connectivity index (χ2v) is 11.3. The first kappa shape index (κ1) is 29.4. The number of hydrogen-bond donors (Lipinski definition) is 1. The van der Waals surface area contributed by atoms with Gasteiger partial charge in [0.25, 0.3) is 0 Å². The van der Waals surface area contributed by atoms with Crippen molar-refractivity contribution in [1.29, 1.82) is 0 Å². The lowest BCUT2D eigenvalue weighted by Gasteiger charge is -2.15. The SMILES string of the molecule is Cc1cc(S[C@@H](C)c2sc(-c3ccc(C(F)(F)F)cc3)cc2OCc2c(F)cccc2F)ccc1OCC(=O)O. The first-order valence-corrected chi connectivity index (χ1v) is 13.6. The number of hydrogen-bond acceptors (Lipinski definition) is 5. The number of ether oxygens (including phenoxy) is 2. The Morgan fingerprint density at radius 2 is 1.65 bits per heavy atom. The topological polar surface area (TPSA) is 55.8 Å². The van der Waals surface area contributed by atoms with E-state index in [0.717, 1.165) is 39.6 Å². The largest absolute Gasteiger partial charge is 0.487 e. The molecule has 1 heterocycles. The fourth-order valence-corrected chi connectivity index (χ4v) is 6.18. The molecule has 11 heteroatoms. The minimum Gasteiger partial charge on any atom is -0.487 e. The third kappa shape index (κ3) is 7.14. The number of benzene rings is 3. The Balaban J connectivity index is 1.62. The summed E-state index contributed by atoms with van der Waals surface area (Å²) in [5, 5.41) is 8.62. The summed E-state index contributed by atoms with van der Waals surface area (Å²) in [7, 11) is 0. The number of alkyl halides is 3. The van der Waals surface area contributed by atoms with E-state index in [1.807, 2.05) is 13.0 Å². The lowest BCUT2D eigenvalue weighted by atomic mass is 10.1. The van der Waals surface area contributed by atoms with Crippen LogP contribution in [0.1, 0.15) is 33.7 Å². The van der Waals surface area contributed by atoms with Crippen LogP contribution < -0.4 is 9.47 Å². The molecule has 3 aromatic carbocycles. The van der Waals surface area contributed by atoms with Crippen molar-refractivity contribution in [2.45, 2.75) is 36.8 Å². The van der Waals surface area contributed by atoms with Gasteiger partial charge in [0.1, 0.15) is 29.7 Å². The van der Waals surface area contributed by atoms with Gasteiger partial charge in [0.05, 0.1) is 16.0 Å². The van der Waals surface area contributed by atoms with Crippen LogP contribution >= 0.6 is 23.1 Å². The highest BCUT2D eigenvalue weighted by molar-refractivity contribution is 7.99. The molecule has 0 radical (unpaired) electrons. The molecule has 0 aliphatic rings. The Kier molecular flexibility index (Phi) is 9.05. The zero-order valence-corrected chi connectivity index (χ0v) is 22.9. The van der Waals surface area contributed by atoms with Crippen LogP contribution in [0.5, 0.6) is 11.5 Å². The van der Waals surface area contributed by atoms with E-state index in [2.05, 4.69) is 0 Å². The summed E-state index contributed by atoms with van der Waals surface area (Å²) in [6, 6.07) is 15.2. The van der Waals surface area contributed by atoms with E-state index < -0.39 is 36.0 Å². The molecule has 0 spiro atoms. The summed E-state index contributed by atoms with van der Waals surface area (Å²) in [4.78, 5) is 13.0. The van der Waals surface area contributed by atoms with Crippen molar-refractivity contribution in [3.63, 3.8) is 0 Å². The number of rotatable bonds is 10. The highest BCUT2D eigenvalue weighted by atomic mass is 32.2. The predicted molar refractivity (Wildman–Crippen MR) is 144 cm³/mol. The van der Waals surface area contributed by atoms with Gasteiger partial charge >= 0.3 is 12.1 Å². The quantitative estimate of drug-likeness (QED) is 0.147. The number of aliphatic carboxylic acids is 1. The number of thiophene rings is 1. The lowest BCUT2D eigenvalue weighted by Crippen LogP contribution is -2.10. The molecule has 4 rings (SSSR count). The highest BCUT2D eigenvalue weighted by Gasteiger charge is 2.30. The Morgan fingerprint density at radius 1 is 0.975 bits per heavy atom. The average molecular weight is 595 g/mol. The van der Waals surface area contributed by atoms with Crippen LogP contribution in [0.4, 0.5) is 22.0 Å². The maximum absolute atomic E-state index is 14.2. The van der Waals surface area contributed by atoms with E-state index in [1.54, 1.807) is 25.1 Å². The molecule has 0 saturated heterocycles. The second-order valence-electron chi connectivity index (χ2n) is 8.77. The number of carboxylic acid groups (broad SMARTS) is 1. The normalized spacial score (nSPS) is 12.3. The maximum Gasteiger partial charge on any atom is 0.416 e. The monoisotopic (exact) mass is 594 g/mol. The van der Waals surface area contributed by atoms with Crippen molar-refractivity contribution >= 4 is 29.1 Å². The molecule has 1 aromatic heterocycles. The van der Waals surface area contributed by atoms with Crippen molar-refractivity contribution < 1.29 is 41.3 Å². The standard InChI is InChI=1S/C29H23F5O4S2/c1-16-12-20(10-11-24(16)38-15-27(35)36)39-17(2)28-25(37-14-21-22(30)4-3-5-23(21)31)13-26(40-28)18-6-8-19(9-7-18)29(32,33)34/h3-13,17H,14-15H2,1-2H3,(H,35,36)/t17-/m0/s1. The first-order chi connectivity index (χ1) is 18.9. The minimum atomic E-state index is -4.46. The first-order valence-electron chi connectivity index (χ1n) is 11.9. The van der Waals surface area contributed by atoms with Crippen LogP contribution in [0.2, 0.25) is 0 Å². The second kappa shape index (κ2) is 12.3. The number of aryl methyl sites for hydroxylation is 1. The fourth-order valence-electron chi connectivity index (χ4n) is 3.82. The molecule has 0 bridgehead atoms. The van der Waals surface area contributed by atoms with Crippen LogP contribution in [0.15, 0.2) is 71.6 Å². The number of thioether (sulfide) groups is 1. The van der Waals surface area contributed by atoms with E-state index in [4.69, 9.17) is 14.6 Å². The Labute approximate surface area is 235 Å². The molecule has 0 fully saturated rings. The lowest BCUT2D eigenvalue weighted by molar-refractivity contribution is -0.139. The molecule has 0 unspecified atom stereocenters. The maximum atomic E-state index is 14.2. The number of carboxylic acids is 1. The number of carbonyl (C=O) groups is 1. The highest BCUT2D eigenvalue weighted by Crippen LogP contribution is 2.47. The summed E-state index contributed by atoms with van der Waals surface area (Å²) in [5.41, 5.74) is 0.277. The third-order valence-electron chi connectivity index (χ3n) is 5.84. The van der Waals surface area contributed by atoms with Gasteiger partial charge in [0.15, 0.2) is 6.61 Å². The molecule has 4 nitrogen and oxygen atoms in total. The van der Waals surface area contributed by atoms with Gasteiger partial charge in [0, 0.05) is 15.0 Å². The fraction of sp³-hybridized carbons (Fsp3) is 0.207. The minimum absolute atomic E-state index is 0.223. The Morgan fingerprint density at radius 3 is 2.25 bits per heavy atom. The summed E-state index contributed by atoms with van der Waals surface area (Å²) < 4.78 is 78.7. The van der Waals surface area contributed by atoms with E-state index in [0.29, 0.717) is 21.9 Å². The molecule has 4 aromatic rings. The van der Waals surface area contributed by atoms with Crippen molar-refractivity contribution in [3.8, 4) is 21.9 Å². The van der Waals surface area contributed by atoms with Crippen molar-refractivity contribution in [3.05, 3.63) is 99.9 Å². The van der Waals surface area contributed by atoms with Crippen LogP contribution in [0.25, 0.3) is 10.4 Å². The summed E-state index contributed by atoms with van der Waals surface area (Å²) in [6.45, 7) is 2.86.